The zero-order valence-electron chi connectivity index (χ0n) is 17.0. The number of nitrogens with one attached hydrogen (secondary N) is 1. The van der Waals surface area contributed by atoms with Crippen LogP contribution in [0.5, 0.6) is 0 Å². The standard InChI is InChI=1S/C22H27FN2O3S2/c1-17-8-10-20(11-9-17)30(27,28)25-13-4-6-18(15-25)22(26)24-12-14-29-16-19-5-2-3-7-21(19)23/h2-3,5,7-11,18H,4,6,12-16H2,1H3,(H,24,26). The number of thioether (sulfide) groups is 1. The van der Waals surface area contributed by atoms with Gasteiger partial charge in [0.05, 0.1) is 10.8 Å². The van der Waals surface area contributed by atoms with E-state index < -0.39 is 10.0 Å². The number of rotatable bonds is 8. The van der Waals surface area contributed by atoms with E-state index in [9.17, 15) is 17.6 Å². The van der Waals surface area contributed by atoms with Crippen molar-refractivity contribution in [2.24, 2.45) is 5.92 Å². The molecule has 1 aliphatic rings. The zero-order chi connectivity index (χ0) is 21.6. The molecule has 1 aliphatic heterocycles. The van der Waals surface area contributed by atoms with Gasteiger partial charge in [-0.2, -0.15) is 16.1 Å². The lowest BCUT2D eigenvalue weighted by Gasteiger charge is -2.31. The van der Waals surface area contributed by atoms with Crippen LogP contribution in [0.1, 0.15) is 24.0 Å². The van der Waals surface area contributed by atoms with Gasteiger partial charge in [0.15, 0.2) is 0 Å². The first-order valence-electron chi connectivity index (χ1n) is 10.0. The summed E-state index contributed by atoms with van der Waals surface area (Å²) in [5, 5.41) is 2.90. The smallest absolute Gasteiger partial charge is 0.243 e. The van der Waals surface area contributed by atoms with Crippen LogP contribution in [0.15, 0.2) is 53.4 Å². The van der Waals surface area contributed by atoms with Gasteiger partial charge >= 0.3 is 0 Å². The lowest BCUT2D eigenvalue weighted by atomic mass is 9.99. The molecule has 2 aromatic carbocycles. The van der Waals surface area contributed by atoms with Gasteiger partial charge in [-0.25, -0.2) is 12.8 Å². The van der Waals surface area contributed by atoms with E-state index in [0.717, 1.165) is 5.56 Å². The number of benzene rings is 2. The van der Waals surface area contributed by atoms with Gasteiger partial charge in [-0.3, -0.25) is 4.79 Å². The summed E-state index contributed by atoms with van der Waals surface area (Å²) in [4.78, 5) is 12.8. The average Bonchev–Trinajstić information content (AvgIpc) is 2.75. The maximum Gasteiger partial charge on any atom is 0.243 e. The number of hydrogen-bond donors (Lipinski definition) is 1. The number of carbonyl (C=O) groups excluding carboxylic acids is 1. The normalized spacial score (nSPS) is 17.6. The molecular formula is C22H27FN2O3S2. The molecule has 0 radical (unpaired) electrons. The molecule has 1 atom stereocenters. The number of aryl methyl sites for hydroxylation is 1. The first-order valence-corrected chi connectivity index (χ1v) is 12.6. The third kappa shape index (κ3) is 5.83. The van der Waals surface area contributed by atoms with Crippen LogP contribution in [-0.4, -0.2) is 44.0 Å². The fourth-order valence-corrected chi connectivity index (χ4v) is 5.79. The van der Waals surface area contributed by atoms with E-state index >= 15 is 0 Å². The Balaban J connectivity index is 1.47. The summed E-state index contributed by atoms with van der Waals surface area (Å²) in [5.41, 5.74) is 1.65. The minimum absolute atomic E-state index is 0.120. The molecule has 0 aliphatic carbocycles. The van der Waals surface area contributed by atoms with Gasteiger partial charge in [-0.05, 0) is 43.5 Å². The second-order valence-electron chi connectivity index (χ2n) is 7.45. The number of sulfonamides is 1. The number of halogens is 1. The third-order valence-corrected chi connectivity index (χ3v) is 8.06. The summed E-state index contributed by atoms with van der Waals surface area (Å²) in [7, 11) is -3.60. The Labute approximate surface area is 182 Å². The van der Waals surface area contributed by atoms with Gasteiger partial charge in [-0.15, -0.1) is 0 Å². The Kier molecular flexibility index (Phi) is 7.91. The van der Waals surface area contributed by atoms with Crippen molar-refractivity contribution in [1.29, 1.82) is 0 Å². The minimum atomic E-state index is -3.60. The van der Waals surface area contributed by atoms with Crippen molar-refractivity contribution in [3.05, 3.63) is 65.5 Å². The van der Waals surface area contributed by atoms with Crippen LogP contribution in [0.25, 0.3) is 0 Å². The first kappa shape index (κ1) is 22.8. The summed E-state index contributed by atoms with van der Waals surface area (Å²) >= 11 is 1.55. The number of nitrogens with zero attached hydrogens (tertiary/aromatic N) is 1. The number of carbonyl (C=O) groups is 1. The van der Waals surface area contributed by atoms with E-state index in [2.05, 4.69) is 5.32 Å². The van der Waals surface area contributed by atoms with E-state index in [1.165, 1.54) is 10.4 Å². The molecule has 1 unspecified atom stereocenters. The molecule has 1 amide bonds. The SMILES string of the molecule is Cc1ccc(S(=O)(=O)N2CCCC(C(=O)NCCSCc3ccccc3F)C2)cc1. The molecule has 30 heavy (non-hydrogen) atoms. The summed E-state index contributed by atoms with van der Waals surface area (Å²) in [6, 6.07) is 13.4. The minimum Gasteiger partial charge on any atom is -0.355 e. The molecule has 0 spiro atoms. The Morgan fingerprint density at radius 2 is 1.93 bits per heavy atom. The number of piperidine rings is 1. The Morgan fingerprint density at radius 1 is 1.20 bits per heavy atom. The fraction of sp³-hybridized carbons (Fsp3) is 0.409. The lowest BCUT2D eigenvalue weighted by molar-refractivity contribution is -0.125. The topological polar surface area (TPSA) is 66.5 Å². The summed E-state index contributed by atoms with van der Waals surface area (Å²) in [6.45, 7) is 3.01. The monoisotopic (exact) mass is 450 g/mol. The summed E-state index contributed by atoms with van der Waals surface area (Å²) in [6.07, 6.45) is 1.33. The van der Waals surface area contributed by atoms with Crippen LogP contribution in [0.4, 0.5) is 4.39 Å². The molecule has 8 heteroatoms. The molecule has 0 bridgehead atoms. The maximum absolute atomic E-state index is 13.6. The van der Waals surface area contributed by atoms with Crippen LogP contribution < -0.4 is 5.32 Å². The predicted molar refractivity (Wildman–Crippen MR) is 118 cm³/mol. The second kappa shape index (κ2) is 10.4. The molecule has 1 saturated heterocycles. The van der Waals surface area contributed by atoms with Gasteiger partial charge in [-0.1, -0.05) is 35.9 Å². The van der Waals surface area contributed by atoms with E-state index in [1.54, 1.807) is 54.2 Å². The largest absolute Gasteiger partial charge is 0.355 e. The first-order chi connectivity index (χ1) is 14.4. The van der Waals surface area contributed by atoms with Crippen molar-refractivity contribution in [2.45, 2.75) is 30.4 Å². The highest BCUT2D eigenvalue weighted by atomic mass is 32.2. The van der Waals surface area contributed by atoms with Crippen LogP contribution in [0.3, 0.4) is 0 Å². The van der Waals surface area contributed by atoms with E-state index in [4.69, 9.17) is 0 Å². The molecular weight excluding hydrogens is 423 g/mol. The third-order valence-electron chi connectivity index (χ3n) is 5.17. The van der Waals surface area contributed by atoms with E-state index in [1.807, 2.05) is 6.92 Å². The van der Waals surface area contributed by atoms with Crippen LogP contribution in [0.2, 0.25) is 0 Å². The molecule has 0 aromatic heterocycles. The Bertz CT molecular complexity index is 965. The predicted octanol–water partition coefficient (Wildman–Crippen LogP) is 3.58. The highest BCUT2D eigenvalue weighted by Crippen LogP contribution is 2.24. The molecule has 1 heterocycles. The van der Waals surface area contributed by atoms with Crippen LogP contribution in [-0.2, 0) is 20.6 Å². The Hall–Kier alpha value is -1.90. The summed E-state index contributed by atoms with van der Waals surface area (Å²) < 4.78 is 40.8. The molecule has 5 nitrogen and oxygen atoms in total. The molecule has 1 fully saturated rings. The number of hydrogen-bond acceptors (Lipinski definition) is 4. The van der Waals surface area contributed by atoms with Crippen molar-refractivity contribution >= 4 is 27.7 Å². The van der Waals surface area contributed by atoms with Crippen molar-refractivity contribution in [1.82, 2.24) is 9.62 Å². The van der Waals surface area contributed by atoms with Crippen molar-refractivity contribution in [3.63, 3.8) is 0 Å². The lowest BCUT2D eigenvalue weighted by Crippen LogP contribution is -2.45. The highest BCUT2D eigenvalue weighted by molar-refractivity contribution is 7.98. The summed E-state index contributed by atoms with van der Waals surface area (Å²) in [5.74, 6) is 0.527. The highest BCUT2D eigenvalue weighted by Gasteiger charge is 2.33. The van der Waals surface area contributed by atoms with Gasteiger partial charge in [0, 0.05) is 31.1 Å². The molecule has 0 saturated carbocycles. The average molecular weight is 451 g/mol. The van der Waals surface area contributed by atoms with Gasteiger partial charge in [0.25, 0.3) is 0 Å². The quantitative estimate of drug-likeness (QED) is 0.625. The molecule has 162 valence electrons. The number of amides is 1. The Morgan fingerprint density at radius 3 is 2.67 bits per heavy atom. The maximum atomic E-state index is 13.6. The van der Waals surface area contributed by atoms with Gasteiger partial charge < -0.3 is 5.32 Å². The van der Waals surface area contributed by atoms with Crippen molar-refractivity contribution < 1.29 is 17.6 Å². The fourth-order valence-electron chi connectivity index (χ4n) is 3.42. The van der Waals surface area contributed by atoms with Crippen molar-refractivity contribution in [3.8, 4) is 0 Å². The molecule has 1 N–H and O–H groups in total. The van der Waals surface area contributed by atoms with E-state index in [-0.39, 0.29) is 29.1 Å². The van der Waals surface area contributed by atoms with Crippen molar-refractivity contribution in [2.75, 3.05) is 25.4 Å². The molecule has 2 aromatic rings. The second-order valence-corrected chi connectivity index (χ2v) is 10.5. The van der Waals surface area contributed by atoms with Gasteiger partial charge in [0.1, 0.15) is 5.82 Å². The van der Waals surface area contributed by atoms with Gasteiger partial charge in [0.2, 0.25) is 15.9 Å². The molecule has 3 rings (SSSR count). The van der Waals surface area contributed by atoms with Crippen LogP contribution in [0, 0.1) is 18.7 Å². The van der Waals surface area contributed by atoms with E-state index in [0.29, 0.717) is 43.0 Å². The van der Waals surface area contributed by atoms with Crippen LogP contribution >= 0.6 is 11.8 Å². The zero-order valence-corrected chi connectivity index (χ0v) is 18.6.